The number of likely N-dealkylation sites (N-methyl/N-ethyl adjacent to an activating group) is 1. The SMILES string of the molecule is CN=C(NCC(C)N1CCN(C)CC1)N1CC(C)CC(C)C1.I. The van der Waals surface area contributed by atoms with Crippen molar-refractivity contribution in [3.63, 3.8) is 0 Å². The predicted octanol–water partition coefficient (Wildman–Crippen LogP) is 1.79. The highest BCUT2D eigenvalue weighted by Gasteiger charge is 2.25. The van der Waals surface area contributed by atoms with Gasteiger partial charge in [-0.25, -0.2) is 0 Å². The van der Waals surface area contributed by atoms with Crippen molar-refractivity contribution in [2.24, 2.45) is 16.8 Å². The highest BCUT2D eigenvalue weighted by atomic mass is 127. The molecule has 3 unspecified atom stereocenters. The maximum atomic E-state index is 4.51. The van der Waals surface area contributed by atoms with Crippen molar-refractivity contribution in [3.05, 3.63) is 0 Å². The Morgan fingerprint density at radius 3 is 2.22 bits per heavy atom. The van der Waals surface area contributed by atoms with Crippen LogP contribution in [0.5, 0.6) is 0 Å². The molecular weight excluding hydrogens is 401 g/mol. The lowest BCUT2D eigenvalue weighted by molar-refractivity contribution is 0.119. The molecule has 2 rings (SSSR count). The number of hydrogen-bond acceptors (Lipinski definition) is 3. The van der Waals surface area contributed by atoms with Crippen molar-refractivity contribution in [2.45, 2.75) is 33.2 Å². The molecule has 136 valence electrons. The zero-order valence-electron chi connectivity index (χ0n) is 15.6. The second-order valence-corrected chi connectivity index (χ2v) is 7.47. The van der Waals surface area contributed by atoms with Crippen LogP contribution in [0.4, 0.5) is 0 Å². The van der Waals surface area contributed by atoms with Crippen molar-refractivity contribution >= 4 is 29.9 Å². The Balaban J connectivity index is 0.00000264. The van der Waals surface area contributed by atoms with Crippen LogP contribution in [0, 0.1) is 11.8 Å². The number of nitrogens with zero attached hydrogens (tertiary/aromatic N) is 4. The molecule has 0 saturated carbocycles. The minimum absolute atomic E-state index is 0. The van der Waals surface area contributed by atoms with Crippen LogP contribution in [0.2, 0.25) is 0 Å². The minimum atomic E-state index is 0. The van der Waals surface area contributed by atoms with Crippen LogP contribution in [0.25, 0.3) is 0 Å². The van der Waals surface area contributed by atoms with Crippen LogP contribution in [0.15, 0.2) is 4.99 Å². The standard InChI is InChI=1S/C17H35N5.HI/c1-14-10-15(2)13-22(12-14)17(18-4)19-11-16(3)21-8-6-20(5)7-9-21;/h14-16H,6-13H2,1-5H3,(H,18,19);1H. The molecule has 2 aliphatic heterocycles. The molecule has 0 aromatic heterocycles. The normalized spacial score (nSPS) is 29.1. The first-order valence-corrected chi connectivity index (χ1v) is 8.87. The molecule has 0 bridgehead atoms. The largest absolute Gasteiger partial charge is 0.355 e. The zero-order valence-corrected chi connectivity index (χ0v) is 17.9. The van der Waals surface area contributed by atoms with Crippen LogP contribution in [0.3, 0.4) is 0 Å². The summed E-state index contributed by atoms with van der Waals surface area (Å²) in [6.45, 7) is 15.0. The monoisotopic (exact) mass is 437 g/mol. The third-order valence-electron chi connectivity index (χ3n) is 5.10. The highest BCUT2D eigenvalue weighted by molar-refractivity contribution is 14.0. The van der Waals surface area contributed by atoms with E-state index in [2.05, 4.69) is 52.8 Å². The first-order valence-electron chi connectivity index (χ1n) is 8.87. The summed E-state index contributed by atoms with van der Waals surface area (Å²) in [6, 6.07) is 0.560. The molecule has 2 aliphatic rings. The number of nitrogens with one attached hydrogen (secondary N) is 1. The van der Waals surface area contributed by atoms with Gasteiger partial charge in [-0.1, -0.05) is 13.8 Å². The predicted molar refractivity (Wildman–Crippen MR) is 110 cm³/mol. The molecule has 0 spiro atoms. The summed E-state index contributed by atoms with van der Waals surface area (Å²) in [5.41, 5.74) is 0. The lowest BCUT2D eigenvalue weighted by Crippen LogP contribution is -2.54. The van der Waals surface area contributed by atoms with Crippen LogP contribution >= 0.6 is 24.0 Å². The molecule has 3 atom stereocenters. The molecule has 0 aromatic carbocycles. The van der Waals surface area contributed by atoms with Gasteiger partial charge in [0.25, 0.3) is 0 Å². The van der Waals surface area contributed by atoms with Crippen molar-refractivity contribution in [1.29, 1.82) is 0 Å². The van der Waals surface area contributed by atoms with Gasteiger partial charge in [0.2, 0.25) is 0 Å². The van der Waals surface area contributed by atoms with Gasteiger partial charge in [0.1, 0.15) is 0 Å². The van der Waals surface area contributed by atoms with E-state index in [4.69, 9.17) is 0 Å². The number of aliphatic imine (C=N–C) groups is 1. The maximum Gasteiger partial charge on any atom is 0.193 e. The Labute approximate surface area is 159 Å². The van der Waals surface area contributed by atoms with E-state index in [9.17, 15) is 0 Å². The molecule has 0 aromatic rings. The van der Waals surface area contributed by atoms with Gasteiger partial charge in [-0.3, -0.25) is 9.89 Å². The van der Waals surface area contributed by atoms with Gasteiger partial charge in [0.05, 0.1) is 0 Å². The van der Waals surface area contributed by atoms with Gasteiger partial charge in [0, 0.05) is 58.9 Å². The number of rotatable bonds is 3. The van der Waals surface area contributed by atoms with Crippen LogP contribution in [0.1, 0.15) is 27.2 Å². The third-order valence-corrected chi connectivity index (χ3v) is 5.10. The fourth-order valence-corrected chi connectivity index (χ4v) is 3.80. The fraction of sp³-hybridized carbons (Fsp3) is 0.941. The Morgan fingerprint density at radius 2 is 1.70 bits per heavy atom. The van der Waals surface area contributed by atoms with E-state index in [1.807, 2.05) is 7.05 Å². The topological polar surface area (TPSA) is 34.1 Å². The molecule has 23 heavy (non-hydrogen) atoms. The first kappa shape index (κ1) is 21.0. The van der Waals surface area contributed by atoms with Gasteiger partial charge < -0.3 is 15.1 Å². The molecule has 2 heterocycles. The average Bonchev–Trinajstić information content (AvgIpc) is 2.47. The number of piperidine rings is 1. The zero-order chi connectivity index (χ0) is 16.1. The molecule has 2 fully saturated rings. The van der Waals surface area contributed by atoms with Gasteiger partial charge in [-0.15, -0.1) is 24.0 Å². The number of piperazine rings is 1. The van der Waals surface area contributed by atoms with Crippen molar-refractivity contribution in [2.75, 3.05) is 59.9 Å². The van der Waals surface area contributed by atoms with Gasteiger partial charge >= 0.3 is 0 Å². The van der Waals surface area contributed by atoms with Crippen molar-refractivity contribution in [3.8, 4) is 0 Å². The second kappa shape index (κ2) is 10.0. The van der Waals surface area contributed by atoms with Crippen molar-refractivity contribution < 1.29 is 0 Å². The van der Waals surface area contributed by atoms with Gasteiger partial charge in [0.15, 0.2) is 5.96 Å². The quantitative estimate of drug-likeness (QED) is 0.415. The minimum Gasteiger partial charge on any atom is -0.355 e. The number of halogens is 1. The third kappa shape index (κ3) is 6.38. The molecule has 0 radical (unpaired) electrons. The Hall–Kier alpha value is -0.0800. The second-order valence-electron chi connectivity index (χ2n) is 7.47. The van der Waals surface area contributed by atoms with E-state index in [1.165, 1.54) is 32.6 Å². The fourth-order valence-electron chi connectivity index (χ4n) is 3.80. The first-order chi connectivity index (χ1) is 10.5. The van der Waals surface area contributed by atoms with Gasteiger partial charge in [-0.2, -0.15) is 0 Å². The molecule has 0 aliphatic carbocycles. The lowest BCUT2D eigenvalue weighted by atomic mass is 9.92. The Bertz CT molecular complexity index is 358. The van der Waals surface area contributed by atoms with E-state index < -0.39 is 0 Å². The smallest absolute Gasteiger partial charge is 0.193 e. The molecule has 1 N–H and O–H groups in total. The molecule has 0 amide bonds. The summed E-state index contributed by atoms with van der Waals surface area (Å²) >= 11 is 0. The summed E-state index contributed by atoms with van der Waals surface area (Å²) in [5, 5.41) is 3.61. The number of guanidine groups is 1. The maximum absolute atomic E-state index is 4.51. The van der Waals surface area contributed by atoms with E-state index in [-0.39, 0.29) is 24.0 Å². The van der Waals surface area contributed by atoms with Crippen molar-refractivity contribution in [1.82, 2.24) is 20.0 Å². The van der Waals surface area contributed by atoms with E-state index in [0.29, 0.717) is 6.04 Å². The van der Waals surface area contributed by atoms with Crippen LogP contribution in [-0.4, -0.2) is 86.6 Å². The summed E-state index contributed by atoms with van der Waals surface area (Å²) in [7, 11) is 4.12. The van der Waals surface area contributed by atoms with Crippen LogP contribution in [-0.2, 0) is 0 Å². The average molecular weight is 437 g/mol. The lowest BCUT2D eigenvalue weighted by Gasteiger charge is -2.39. The summed E-state index contributed by atoms with van der Waals surface area (Å²) in [5.74, 6) is 2.61. The summed E-state index contributed by atoms with van der Waals surface area (Å²) in [4.78, 5) is 11.9. The van der Waals surface area contributed by atoms with E-state index >= 15 is 0 Å². The molecule has 5 nitrogen and oxygen atoms in total. The Morgan fingerprint density at radius 1 is 1.13 bits per heavy atom. The van der Waals surface area contributed by atoms with E-state index in [0.717, 1.165) is 37.4 Å². The van der Waals surface area contributed by atoms with E-state index in [1.54, 1.807) is 0 Å². The molecule has 6 heteroatoms. The highest BCUT2D eigenvalue weighted by Crippen LogP contribution is 2.20. The summed E-state index contributed by atoms with van der Waals surface area (Å²) in [6.07, 6.45) is 1.34. The number of hydrogen-bond donors (Lipinski definition) is 1. The van der Waals surface area contributed by atoms with Crippen LogP contribution < -0.4 is 5.32 Å². The molecular formula is C17H36IN5. The number of likely N-dealkylation sites (tertiary alicyclic amines) is 1. The van der Waals surface area contributed by atoms with Gasteiger partial charge in [-0.05, 0) is 32.2 Å². The summed E-state index contributed by atoms with van der Waals surface area (Å²) < 4.78 is 0. The Kier molecular flexibility index (Phi) is 9.15. The molecule has 2 saturated heterocycles.